The van der Waals surface area contributed by atoms with Gasteiger partial charge in [0.05, 0.1) is 0 Å². The Morgan fingerprint density at radius 2 is 0.714 bits per heavy atom. The quantitative estimate of drug-likeness (QED) is 0.246. The summed E-state index contributed by atoms with van der Waals surface area (Å²) in [5.41, 5.74) is 0. The van der Waals surface area contributed by atoms with Crippen molar-refractivity contribution in [2.75, 3.05) is 0 Å². The van der Waals surface area contributed by atoms with Gasteiger partial charge in [0.2, 0.25) is 0 Å². The molecule has 0 atom stereocenters. The zero-order valence-electron chi connectivity index (χ0n) is 6.69. The molecule has 72 valence electrons. The third-order valence-electron chi connectivity index (χ3n) is 0. The normalized spacial score (nSPS) is 8.43. The first kappa shape index (κ1) is 36.2. The van der Waals surface area contributed by atoms with Gasteiger partial charge in [-0.1, -0.05) is 0 Å². The van der Waals surface area contributed by atoms with Crippen molar-refractivity contribution in [3.63, 3.8) is 0 Å². The van der Waals surface area contributed by atoms with E-state index in [4.69, 9.17) is 38.5 Å². The van der Waals surface area contributed by atoms with Gasteiger partial charge in [0.1, 0.15) is 0 Å². The van der Waals surface area contributed by atoms with Crippen LogP contribution in [0.3, 0.4) is 0 Å². The average molecular weight is 475 g/mol. The maximum atomic E-state index is 8.55. The van der Waals surface area contributed by atoms with Crippen LogP contribution in [0.25, 0.3) is 0 Å². The number of hydrogen-bond donors (Lipinski definition) is 0. The fourth-order valence-electron chi connectivity index (χ4n) is 0. The average Bonchev–Trinajstić information content (AvgIpc) is 1.12. The van der Waals surface area contributed by atoms with E-state index in [1.165, 1.54) is 0 Å². The molecule has 14 heteroatoms. The van der Waals surface area contributed by atoms with E-state index in [2.05, 4.69) is 0 Å². The minimum atomic E-state index is -5.39. The molecule has 0 amide bonds. The van der Waals surface area contributed by atoms with Gasteiger partial charge < -0.3 is 38.5 Å². The Kier molecular flexibility index (Phi) is 45.2. The molecule has 0 aliphatic carbocycles. The van der Waals surface area contributed by atoms with Gasteiger partial charge in [0.25, 0.3) is 0 Å². The minimum Gasteiger partial charge on any atom is -0.822 e. The third kappa shape index (κ3) is 198. The minimum absolute atomic E-state index is 0. The zero-order valence-corrected chi connectivity index (χ0v) is 18.6. The maximum Gasteiger partial charge on any atom is 2.00 e. The van der Waals surface area contributed by atoms with Crippen molar-refractivity contribution in [1.29, 1.82) is 0 Å². The van der Waals surface area contributed by atoms with Gasteiger partial charge in [0, 0.05) is 0 Å². The first-order valence-electron chi connectivity index (χ1n) is 1.46. The SMILES string of the molecule is F.O=P([O-])([O-])[O-].O=P([O-])([O-])[O-].[Ba+2].[Ca+2].[Sr+2]. The Hall–Kier alpha value is 4.46. The molecule has 0 bridgehead atoms. The second kappa shape index (κ2) is 17.5. The first-order valence-corrected chi connectivity index (χ1v) is 4.38. The summed E-state index contributed by atoms with van der Waals surface area (Å²) in [7, 11) is -10.8. The van der Waals surface area contributed by atoms with Gasteiger partial charge in [-0.3, -0.25) is 4.70 Å². The summed E-state index contributed by atoms with van der Waals surface area (Å²) in [6, 6.07) is 0. The summed E-state index contributed by atoms with van der Waals surface area (Å²) < 4.78 is 17.1. The van der Waals surface area contributed by atoms with Crippen LogP contribution in [0.1, 0.15) is 0 Å². The number of halogens is 1. The predicted octanol–water partition coefficient (Wildman–Crippen LogP) is -6.64. The number of rotatable bonds is 0. The number of phosphoric acid groups is 2. The topological polar surface area (TPSA) is 172 Å². The van der Waals surface area contributed by atoms with Gasteiger partial charge in [-0.25, -0.2) is 0 Å². The Labute approximate surface area is 186 Å². The van der Waals surface area contributed by atoms with Crippen molar-refractivity contribution in [3.05, 3.63) is 0 Å². The van der Waals surface area contributed by atoms with Gasteiger partial charge >= 0.3 is 132 Å². The summed E-state index contributed by atoms with van der Waals surface area (Å²) in [6.07, 6.45) is 0. The van der Waals surface area contributed by atoms with Crippen molar-refractivity contribution in [3.8, 4) is 0 Å². The van der Waals surface area contributed by atoms with Crippen LogP contribution < -0.4 is 29.4 Å². The molecular formula is HBaCaFO8P2Sr. The molecule has 0 heterocycles. The fraction of sp³-hybridized carbons (Fsp3) is 0. The molecule has 0 spiro atoms. The predicted molar refractivity (Wildman–Crippen MR) is 35.0 cm³/mol. The Morgan fingerprint density at radius 1 is 0.714 bits per heavy atom. The van der Waals surface area contributed by atoms with Gasteiger partial charge in [0.15, 0.2) is 0 Å². The summed E-state index contributed by atoms with van der Waals surface area (Å²) >= 11 is 0. The molecule has 0 aliphatic rings. The van der Waals surface area contributed by atoms with Crippen molar-refractivity contribution < 1.29 is 43.2 Å². The second-order valence-electron chi connectivity index (χ2n) is 0.894. The molecule has 0 fully saturated rings. The van der Waals surface area contributed by atoms with Gasteiger partial charge in [-0.2, -0.15) is 15.6 Å². The van der Waals surface area contributed by atoms with Crippen LogP contribution >= 0.6 is 15.6 Å². The van der Waals surface area contributed by atoms with Crippen LogP contribution in [-0.2, 0) is 9.13 Å². The molecule has 0 saturated carbocycles. The van der Waals surface area contributed by atoms with Gasteiger partial charge in [-0.05, 0) is 0 Å². The van der Waals surface area contributed by atoms with E-state index < -0.39 is 15.6 Å². The van der Waals surface area contributed by atoms with Crippen LogP contribution in [0.5, 0.6) is 0 Å². The standard InChI is InChI=1S/Ba.Ca.FH.2H3O4P.Sr/c;;;2*1-5(2,3)4;/h;;1H;2*(H3,1,2,3,4);/q2*+2;;;;+2/p-6. The monoisotopic (exact) mass is 476 g/mol. The molecule has 0 aromatic heterocycles. The summed E-state index contributed by atoms with van der Waals surface area (Å²) in [4.78, 5) is 51.3. The van der Waals surface area contributed by atoms with E-state index in [0.29, 0.717) is 0 Å². The van der Waals surface area contributed by atoms with Crippen LogP contribution in [0, 0.1) is 0 Å². The first-order chi connectivity index (χ1) is 4.00. The van der Waals surface area contributed by atoms with Crippen LogP contribution in [0.15, 0.2) is 0 Å². The smallest absolute Gasteiger partial charge is 0.822 e. The fourth-order valence-corrected chi connectivity index (χ4v) is 0. The molecule has 0 aromatic rings. The van der Waals surface area contributed by atoms with E-state index in [1.54, 1.807) is 0 Å². The van der Waals surface area contributed by atoms with Crippen LogP contribution in [-0.4, -0.2) is 132 Å². The molecule has 0 saturated heterocycles. The molecule has 14 heavy (non-hydrogen) atoms. The molecule has 0 aromatic carbocycles. The summed E-state index contributed by atoms with van der Waals surface area (Å²) in [5.74, 6) is 0. The van der Waals surface area contributed by atoms with E-state index in [-0.39, 0.29) is 137 Å². The van der Waals surface area contributed by atoms with E-state index >= 15 is 0 Å². The largest absolute Gasteiger partial charge is 2.00 e. The summed E-state index contributed by atoms with van der Waals surface area (Å²) in [5, 5.41) is 0. The van der Waals surface area contributed by atoms with Gasteiger partial charge in [-0.15, -0.1) is 0 Å². The van der Waals surface area contributed by atoms with Crippen molar-refractivity contribution in [2.24, 2.45) is 0 Å². The van der Waals surface area contributed by atoms with E-state index in [1.807, 2.05) is 0 Å². The van der Waals surface area contributed by atoms with E-state index in [9.17, 15) is 0 Å². The molecule has 0 unspecified atom stereocenters. The molecule has 8 nitrogen and oxygen atoms in total. The van der Waals surface area contributed by atoms with Crippen LogP contribution in [0.4, 0.5) is 4.70 Å². The second-order valence-corrected chi connectivity index (χ2v) is 2.68. The molecule has 0 rings (SSSR count). The van der Waals surface area contributed by atoms with Crippen LogP contribution in [0.2, 0.25) is 0 Å². The van der Waals surface area contributed by atoms with Crippen molar-refractivity contribution in [2.45, 2.75) is 0 Å². The Balaban J connectivity index is -0.0000000178. The number of hydrogen-bond acceptors (Lipinski definition) is 8. The zero-order chi connectivity index (χ0) is 9.00. The summed E-state index contributed by atoms with van der Waals surface area (Å²) in [6.45, 7) is 0. The molecule has 0 N–H and O–H groups in total. The molecule has 0 aliphatic heterocycles. The van der Waals surface area contributed by atoms with Crippen molar-refractivity contribution in [1.82, 2.24) is 0 Å². The van der Waals surface area contributed by atoms with E-state index in [0.717, 1.165) is 0 Å². The molecule has 0 radical (unpaired) electrons. The maximum absolute atomic E-state index is 8.55. The third-order valence-corrected chi connectivity index (χ3v) is 0. The molecular weight excluding hydrogens is 474 g/mol. The Bertz CT molecular complexity index is 140. The van der Waals surface area contributed by atoms with Crippen molar-refractivity contribution >= 4 is 148 Å². The Morgan fingerprint density at radius 3 is 0.714 bits per heavy atom.